The van der Waals surface area contributed by atoms with Crippen molar-refractivity contribution in [3.8, 4) is 22.4 Å². The molecule has 0 radical (unpaired) electrons. The van der Waals surface area contributed by atoms with Crippen LogP contribution in [0.3, 0.4) is 0 Å². The number of nitrogens with one attached hydrogen (secondary N) is 1. The highest BCUT2D eigenvalue weighted by Gasteiger charge is 2.22. The van der Waals surface area contributed by atoms with Crippen molar-refractivity contribution in [3.63, 3.8) is 0 Å². The molecule has 0 unspecified atom stereocenters. The summed E-state index contributed by atoms with van der Waals surface area (Å²) in [6, 6.07) is 16.2. The number of fused-ring (bicyclic) bond motifs is 1. The van der Waals surface area contributed by atoms with Crippen molar-refractivity contribution < 1.29 is 19.1 Å². The zero-order valence-corrected chi connectivity index (χ0v) is 24.6. The summed E-state index contributed by atoms with van der Waals surface area (Å²) in [5.74, 6) is -0.364. The number of nitrogens with zero attached hydrogens (tertiary/aromatic N) is 3. The fourth-order valence-electron chi connectivity index (χ4n) is 5.38. The van der Waals surface area contributed by atoms with Gasteiger partial charge < -0.3 is 19.5 Å². The fourth-order valence-corrected chi connectivity index (χ4v) is 5.38. The number of carbonyl (C=O) groups is 3. The van der Waals surface area contributed by atoms with E-state index in [1.54, 1.807) is 6.92 Å². The van der Waals surface area contributed by atoms with E-state index in [-0.39, 0.29) is 24.2 Å². The molecule has 42 heavy (non-hydrogen) atoms. The monoisotopic (exact) mass is 564 g/mol. The first-order valence-corrected chi connectivity index (χ1v) is 14.2. The predicted octanol–water partition coefficient (Wildman–Crippen LogP) is 5.74. The van der Waals surface area contributed by atoms with Crippen molar-refractivity contribution in [2.75, 3.05) is 31.1 Å². The standard InChI is InChI=1S/C34H36N4O4/c1-6-29(40)18-26-17-25(8-7-22(26)4)31-30-19-27(34(41)42-21(2)3)20-35-33(30)36-32(31)24-9-11-28(12-10-24)38-15-13-37(14-16-38)23(5)39/h6-12,17,19-21H,1,13-16,18H2,2-5H3,(H,35,36). The number of piperazine rings is 1. The number of pyridine rings is 1. The highest BCUT2D eigenvalue weighted by Crippen LogP contribution is 2.39. The van der Waals surface area contributed by atoms with E-state index >= 15 is 0 Å². The van der Waals surface area contributed by atoms with Gasteiger partial charge in [0.05, 0.1) is 17.4 Å². The van der Waals surface area contributed by atoms with Gasteiger partial charge in [0.1, 0.15) is 5.65 Å². The Bertz CT molecular complexity index is 1660. The van der Waals surface area contributed by atoms with E-state index in [0.717, 1.165) is 57.7 Å². The molecular formula is C34H36N4O4. The van der Waals surface area contributed by atoms with Crippen LogP contribution in [0.15, 0.2) is 67.4 Å². The van der Waals surface area contributed by atoms with Crippen LogP contribution in [0.4, 0.5) is 5.69 Å². The largest absolute Gasteiger partial charge is 0.459 e. The molecule has 8 nitrogen and oxygen atoms in total. The van der Waals surface area contributed by atoms with Gasteiger partial charge in [-0.2, -0.15) is 0 Å². The molecule has 0 bridgehead atoms. The lowest BCUT2D eigenvalue weighted by molar-refractivity contribution is -0.129. The number of amides is 1. The first kappa shape index (κ1) is 28.8. The molecule has 2 aromatic carbocycles. The van der Waals surface area contributed by atoms with Crippen LogP contribution >= 0.6 is 0 Å². The number of aryl methyl sites for hydroxylation is 1. The van der Waals surface area contributed by atoms with Gasteiger partial charge in [0.2, 0.25) is 5.91 Å². The zero-order chi connectivity index (χ0) is 30.0. The molecule has 0 aliphatic carbocycles. The van der Waals surface area contributed by atoms with Crippen LogP contribution in [-0.4, -0.2) is 64.8 Å². The van der Waals surface area contributed by atoms with Crippen molar-refractivity contribution >= 4 is 34.4 Å². The van der Waals surface area contributed by atoms with E-state index in [1.807, 2.05) is 49.9 Å². The lowest BCUT2D eigenvalue weighted by Crippen LogP contribution is -2.48. The number of hydrogen-bond acceptors (Lipinski definition) is 6. The van der Waals surface area contributed by atoms with Crippen molar-refractivity contribution in [3.05, 3.63) is 84.1 Å². The molecule has 8 heteroatoms. The van der Waals surface area contributed by atoms with Crippen LogP contribution in [0.1, 0.15) is 42.3 Å². The van der Waals surface area contributed by atoms with Crippen LogP contribution in [0, 0.1) is 6.92 Å². The number of anilines is 1. The normalized spacial score (nSPS) is 13.5. The minimum Gasteiger partial charge on any atom is -0.459 e. The highest BCUT2D eigenvalue weighted by molar-refractivity contribution is 6.05. The number of hydrogen-bond donors (Lipinski definition) is 1. The Morgan fingerprint density at radius 2 is 1.71 bits per heavy atom. The number of esters is 1. The van der Waals surface area contributed by atoms with Gasteiger partial charge in [0.25, 0.3) is 0 Å². The van der Waals surface area contributed by atoms with Crippen molar-refractivity contribution in [2.24, 2.45) is 0 Å². The number of ketones is 1. The Balaban J connectivity index is 1.58. The fraction of sp³-hybridized carbons (Fsp3) is 0.294. The number of aromatic nitrogens is 2. The number of carbonyl (C=O) groups excluding carboxylic acids is 3. The van der Waals surface area contributed by atoms with E-state index in [0.29, 0.717) is 24.3 Å². The Kier molecular flexibility index (Phi) is 8.24. The van der Waals surface area contributed by atoms with Crippen LogP contribution < -0.4 is 4.90 Å². The first-order valence-electron chi connectivity index (χ1n) is 14.2. The summed E-state index contributed by atoms with van der Waals surface area (Å²) in [6.07, 6.45) is 2.89. The molecule has 1 amide bonds. The van der Waals surface area contributed by atoms with Crippen LogP contribution in [-0.2, 0) is 20.7 Å². The molecule has 216 valence electrons. The molecule has 1 N–H and O–H groups in total. The van der Waals surface area contributed by atoms with E-state index in [1.165, 1.54) is 12.3 Å². The number of H-pyrrole nitrogens is 1. The lowest BCUT2D eigenvalue weighted by Gasteiger charge is -2.35. The second-order valence-corrected chi connectivity index (χ2v) is 11.0. The molecule has 0 spiro atoms. The molecular weight excluding hydrogens is 528 g/mol. The van der Waals surface area contributed by atoms with Gasteiger partial charge in [0.15, 0.2) is 5.78 Å². The quantitative estimate of drug-likeness (QED) is 0.217. The molecule has 2 aromatic heterocycles. The molecule has 0 atom stereocenters. The minimum atomic E-state index is -0.427. The molecule has 3 heterocycles. The van der Waals surface area contributed by atoms with Gasteiger partial charge in [-0.1, -0.05) is 36.9 Å². The number of rotatable bonds is 8. The summed E-state index contributed by atoms with van der Waals surface area (Å²) in [5, 5.41) is 0.789. The maximum Gasteiger partial charge on any atom is 0.339 e. The summed E-state index contributed by atoms with van der Waals surface area (Å²) < 4.78 is 5.44. The Morgan fingerprint density at radius 3 is 2.36 bits per heavy atom. The van der Waals surface area contributed by atoms with Crippen molar-refractivity contribution in [1.29, 1.82) is 0 Å². The molecule has 1 aliphatic heterocycles. The summed E-state index contributed by atoms with van der Waals surface area (Å²) in [7, 11) is 0. The van der Waals surface area contributed by atoms with Gasteiger partial charge in [0, 0.05) is 62.4 Å². The van der Waals surface area contributed by atoms with Gasteiger partial charge in [-0.15, -0.1) is 0 Å². The predicted molar refractivity (Wildman–Crippen MR) is 166 cm³/mol. The van der Waals surface area contributed by atoms with Crippen LogP contribution in [0.2, 0.25) is 0 Å². The first-order chi connectivity index (χ1) is 20.1. The maximum absolute atomic E-state index is 12.8. The van der Waals surface area contributed by atoms with Crippen molar-refractivity contribution in [1.82, 2.24) is 14.9 Å². The molecule has 1 fully saturated rings. The summed E-state index contributed by atoms with van der Waals surface area (Å²) in [6.45, 7) is 13.8. The van der Waals surface area contributed by atoms with Gasteiger partial charge in [-0.05, 0) is 67.3 Å². The SMILES string of the molecule is C=CC(=O)Cc1cc(-c2c(-c3ccc(N4CCN(C(C)=O)CC4)cc3)[nH]c3ncc(C(=O)OC(C)C)cc23)ccc1C. The molecule has 0 saturated carbocycles. The van der Waals surface area contributed by atoms with E-state index in [9.17, 15) is 14.4 Å². The molecule has 1 saturated heterocycles. The summed E-state index contributed by atoms with van der Waals surface area (Å²) in [5.41, 5.74) is 7.68. The molecule has 4 aromatic rings. The summed E-state index contributed by atoms with van der Waals surface area (Å²) >= 11 is 0. The van der Waals surface area contributed by atoms with Crippen LogP contribution in [0.25, 0.3) is 33.4 Å². The summed E-state index contributed by atoms with van der Waals surface area (Å²) in [4.78, 5) is 49.0. The molecule has 5 rings (SSSR count). The second kappa shape index (κ2) is 12.0. The van der Waals surface area contributed by atoms with E-state index in [4.69, 9.17) is 4.74 Å². The smallest absolute Gasteiger partial charge is 0.339 e. The molecule has 1 aliphatic rings. The third-order valence-electron chi connectivity index (χ3n) is 7.71. The van der Waals surface area contributed by atoms with Gasteiger partial charge in [-0.25, -0.2) is 9.78 Å². The Morgan fingerprint density at radius 1 is 1.02 bits per heavy atom. The van der Waals surface area contributed by atoms with Crippen LogP contribution in [0.5, 0.6) is 0 Å². The minimum absolute atomic E-state index is 0.0468. The van der Waals surface area contributed by atoms with E-state index in [2.05, 4.69) is 45.7 Å². The van der Waals surface area contributed by atoms with E-state index < -0.39 is 5.97 Å². The number of aromatic amines is 1. The van der Waals surface area contributed by atoms with Crippen molar-refractivity contribution in [2.45, 2.75) is 40.2 Å². The average molecular weight is 565 g/mol. The number of ether oxygens (including phenoxy) is 1. The maximum atomic E-state index is 12.8. The Hall–Kier alpha value is -4.72. The average Bonchev–Trinajstić information content (AvgIpc) is 3.37. The number of benzene rings is 2. The number of allylic oxidation sites excluding steroid dienone is 1. The third kappa shape index (κ3) is 5.98. The topological polar surface area (TPSA) is 95.6 Å². The third-order valence-corrected chi connectivity index (χ3v) is 7.71. The Labute approximate surface area is 246 Å². The van der Waals surface area contributed by atoms with Gasteiger partial charge >= 0.3 is 5.97 Å². The zero-order valence-electron chi connectivity index (χ0n) is 24.6. The lowest BCUT2D eigenvalue weighted by atomic mass is 9.93. The second-order valence-electron chi connectivity index (χ2n) is 11.0. The highest BCUT2D eigenvalue weighted by atomic mass is 16.5. The van der Waals surface area contributed by atoms with Gasteiger partial charge in [-0.3, -0.25) is 9.59 Å².